The van der Waals surface area contributed by atoms with Crippen molar-refractivity contribution in [3.8, 4) is 0 Å². The lowest BCUT2D eigenvalue weighted by Gasteiger charge is -2.12. The number of carbonyl (C=O) groups excluding carboxylic acids is 1. The van der Waals surface area contributed by atoms with Gasteiger partial charge in [0, 0.05) is 18.4 Å². The zero-order valence-corrected chi connectivity index (χ0v) is 9.53. The van der Waals surface area contributed by atoms with Gasteiger partial charge in [0.2, 0.25) is 5.91 Å². The van der Waals surface area contributed by atoms with Gasteiger partial charge >= 0.3 is 0 Å². The molecule has 1 amide bonds. The summed E-state index contributed by atoms with van der Waals surface area (Å²) in [7, 11) is 0. The molecule has 3 unspecified atom stereocenters. The molecule has 1 aromatic heterocycles. The van der Waals surface area contributed by atoms with Crippen LogP contribution in [0.2, 0.25) is 0 Å². The van der Waals surface area contributed by atoms with Crippen molar-refractivity contribution in [1.29, 1.82) is 0 Å². The molecule has 1 aromatic rings. The fourth-order valence-electron chi connectivity index (χ4n) is 1.94. The highest BCUT2D eigenvalue weighted by molar-refractivity contribution is 6.30. The highest BCUT2D eigenvalue weighted by Gasteiger charge is 2.30. The molecule has 0 fully saturated rings. The van der Waals surface area contributed by atoms with Gasteiger partial charge in [0.25, 0.3) is 0 Å². The second-order valence-electron chi connectivity index (χ2n) is 3.95. The number of fused-ring (bicyclic) bond motifs is 1. The maximum absolute atomic E-state index is 11.5. The molecule has 15 heavy (non-hydrogen) atoms. The van der Waals surface area contributed by atoms with E-state index < -0.39 is 5.38 Å². The topological polar surface area (TPSA) is 46.9 Å². The predicted octanol–water partition coefficient (Wildman–Crippen LogP) is 1.63. The van der Waals surface area contributed by atoms with E-state index >= 15 is 0 Å². The molecule has 3 atom stereocenters. The van der Waals surface area contributed by atoms with E-state index in [0.29, 0.717) is 6.04 Å². The van der Waals surface area contributed by atoms with Gasteiger partial charge in [-0.2, -0.15) is 0 Å². The molecular weight excluding hydrogens is 214 g/mol. The van der Waals surface area contributed by atoms with Gasteiger partial charge in [0.05, 0.1) is 6.04 Å². The number of hydrogen-bond acceptors (Lipinski definition) is 2. The highest BCUT2D eigenvalue weighted by atomic mass is 35.5. The normalized spacial score (nSPS) is 26.1. The van der Waals surface area contributed by atoms with E-state index in [2.05, 4.69) is 21.8 Å². The third-order valence-electron chi connectivity index (χ3n) is 2.74. The number of nitrogens with zero attached hydrogens (tertiary/aromatic N) is 2. The summed E-state index contributed by atoms with van der Waals surface area (Å²) >= 11 is 5.70. The average Bonchev–Trinajstić information content (AvgIpc) is 2.72. The Balaban J connectivity index is 2.11. The Hall–Kier alpha value is -1.03. The number of rotatable bonds is 2. The smallest absolute Gasteiger partial charge is 0.238 e. The Labute approximate surface area is 93.6 Å². The zero-order chi connectivity index (χ0) is 11.0. The van der Waals surface area contributed by atoms with Crippen LogP contribution in [0.15, 0.2) is 12.4 Å². The molecule has 82 valence electrons. The van der Waals surface area contributed by atoms with E-state index in [9.17, 15) is 4.79 Å². The molecule has 1 aliphatic rings. The van der Waals surface area contributed by atoms with Gasteiger partial charge in [-0.1, -0.05) is 0 Å². The summed E-state index contributed by atoms with van der Waals surface area (Å²) in [4.78, 5) is 15.7. The number of alkyl halides is 1. The molecule has 0 radical (unpaired) electrons. The van der Waals surface area contributed by atoms with Crippen LogP contribution >= 0.6 is 11.6 Å². The largest absolute Gasteiger partial charge is 0.345 e. The Morgan fingerprint density at radius 1 is 1.80 bits per heavy atom. The van der Waals surface area contributed by atoms with Gasteiger partial charge in [0.15, 0.2) is 0 Å². The third kappa shape index (κ3) is 1.86. The van der Waals surface area contributed by atoms with E-state index in [-0.39, 0.29) is 11.9 Å². The Bertz CT molecular complexity index is 374. The maximum atomic E-state index is 11.5. The monoisotopic (exact) mass is 227 g/mol. The minimum absolute atomic E-state index is 0.00343. The first-order valence-corrected chi connectivity index (χ1v) is 5.50. The van der Waals surface area contributed by atoms with Gasteiger partial charge in [-0.15, -0.1) is 11.6 Å². The number of imidazole rings is 1. The summed E-state index contributed by atoms with van der Waals surface area (Å²) in [6.07, 6.45) is 4.59. The first-order chi connectivity index (χ1) is 7.09. The summed E-state index contributed by atoms with van der Waals surface area (Å²) in [6.45, 7) is 3.78. The van der Waals surface area contributed by atoms with Gasteiger partial charge in [0.1, 0.15) is 11.2 Å². The second kappa shape index (κ2) is 3.85. The predicted molar refractivity (Wildman–Crippen MR) is 57.8 cm³/mol. The van der Waals surface area contributed by atoms with E-state index in [1.54, 1.807) is 13.1 Å². The molecule has 2 heterocycles. The van der Waals surface area contributed by atoms with Crippen molar-refractivity contribution in [3.05, 3.63) is 18.2 Å². The molecule has 1 aliphatic heterocycles. The van der Waals surface area contributed by atoms with Gasteiger partial charge in [-0.3, -0.25) is 4.79 Å². The van der Waals surface area contributed by atoms with E-state index in [4.69, 9.17) is 11.6 Å². The van der Waals surface area contributed by atoms with E-state index in [0.717, 1.165) is 12.2 Å². The number of hydrogen-bond donors (Lipinski definition) is 1. The van der Waals surface area contributed by atoms with Gasteiger partial charge < -0.3 is 9.88 Å². The zero-order valence-electron chi connectivity index (χ0n) is 8.77. The van der Waals surface area contributed by atoms with Crippen molar-refractivity contribution in [2.45, 2.75) is 37.7 Å². The summed E-state index contributed by atoms with van der Waals surface area (Å²) in [5.74, 6) is 0.790. The van der Waals surface area contributed by atoms with Crippen LogP contribution in [-0.4, -0.2) is 20.8 Å². The molecule has 0 aromatic carbocycles. The standard InChI is InChI=1S/C10H14ClN3O/c1-6-5-8(13-10(15)7(2)11)9-12-3-4-14(6)9/h3-4,6-8H,5H2,1-2H3,(H,13,15). The summed E-state index contributed by atoms with van der Waals surface area (Å²) in [5, 5.41) is 2.40. The molecule has 0 saturated carbocycles. The van der Waals surface area contributed by atoms with Gasteiger partial charge in [-0.05, 0) is 20.3 Å². The lowest BCUT2D eigenvalue weighted by molar-refractivity contribution is -0.121. The molecule has 0 aliphatic carbocycles. The van der Waals surface area contributed by atoms with Crippen LogP contribution < -0.4 is 5.32 Å². The van der Waals surface area contributed by atoms with Crippen molar-refractivity contribution >= 4 is 17.5 Å². The SMILES string of the molecule is CC(Cl)C(=O)NC1CC(C)n2ccnc21. The lowest BCUT2D eigenvalue weighted by Crippen LogP contribution is -2.32. The van der Waals surface area contributed by atoms with Gasteiger partial charge in [-0.25, -0.2) is 4.98 Å². The minimum atomic E-state index is -0.496. The molecule has 0 bridgehead atoms. The molecule has 0 spiro atoms. The summed E-state index contributed by atoms with van der Waals surface area (Å²) < 4.78 is 2.09. The first kappa shape index (κ1) is 10.5. The molecular formula is C10H14ClN3O. The fraction of sp³-hybridized carbons (Fsp3) is 0.600. The lowest BCUT2D eigenvalue weighted by atomic mass is 10.1. The van der Waals surface area contributed by atoms with Crippen LogP contribution in [0.25, 0.3) is 0 Å². The molecule has 5 heteroatoms. The molecule has 0 saturated heterocycles. The van der Waals surface area contributed by atoms with E-state index in [1.807, 2.05) is 6.20 Å². The van der Waals surface area contributed by atoms with Crippen LogP contribution in [0.5, 0.6) is 0 Å². The maximum Gasteiger partial charge on any atom is 0.238 e. The van der Waals surface area contributed by atoms with Crippen molar-refractivity contribution in [2.24, 2.45) is 0 Å². The average molecular weight is 228 g/mol. The Kier molecular flexibility index (Phi) is 2.69. The number of carbonyl (C=O) groups is 1. The van der Waals surface area contributed by atoms with Crippen LogP contribution in [0.1, 0.15) is 38.2 Å². The molecule has 1 N–H and O–H groups in total. The number of halogens is 1. The quantitative estimate of drug-likeness (QED) is 0.781. The van der Waals surface area contributed by atoms with Crippen molar-refractivity contribution in [2.75, 3.05) is 0 Å². The minimum Gasteiger partial charge on any atom is -0.345 e. The molecule has 4 nitrogen and oxygen atoms in total. The van der Waals surface area contributed by atoms with Crippen molar-refractivity contribution < 1.29 is 4.79 Å². The van der Waals surface area contributed by atoms with Crippen LogP contribution in [-0.2, 0) is 4.79 Å². The summed E-state index contributed by atoms with van der Waals surface area (Å²) in [5.41, 5.74) is 0. The number of aromatic nitrogens is 2. The highest BCUT2D eigenvalue weighted by Crippen LogP contribution is 2.32. The second-order valence-corrected chi connectivity index (χ2v) is 4.61. The van der Waals surface area contributed by atoms with Crippen LogP contribution in [0, 0.1) is 0 Å². The fourth-order valence-corrected chi connectivity index (χ4v) is 2.00. The molecule has 2 rings (SSSR count). The number of nitrogens with one attached hydrogen (secondary N) is 1. The van der Waals surface area contributed by atoms with Crippen molar-refractivity contribution in [3.63, 3.8) is 0 Å². The Morgan fingerprint density at radius 2 is 2.53 bits per heavy atom. The van der Waals surface area contributed by atoms with Crippen LogP contribution in [0.4, 0.5) is 0 Å². The Morgan fingerprint density at radius 3 is 3.20 bits per heavy atom. The first-order valence-electron chi connectivity index (χ1n) is 5.06. The number of amides is 1. The third-order valence-corrected chi connectivity index (χ3v) is 2.94. The van der Waals surface area contributed by atoms with Crippen LogP contribution in [0.3, 0.4) is 0 Å². The van der Waals surface area contributed by atoms with Crippen molar-refractivity contribution in [1.82, 2.24) is 14.9 Å². The summed E-state index contributed by atoms with van der Waals surface area (Å²) in [6, 6.07) is 0.391. The van der Waals surface area contributed by atoms with E-state index in [1.165, 1.54) is 0 Å².